The van der Waals surface area contributed by atoms with Gasteiger partial charge in [0.05, 0.1) is 11.0 Å². The van der Waals surface area contributed by atoms with Crippen molar-refractivity contribution in [3.8, 4) is 0 Å². The fourth-order valence-corrected chi connectivity index (χ4v) is 2.92. The molecule has 0 atom stereocenters. The Morgan fingerprint density at radius 1 is 1.47 bits per heavy atom. The standard InChI is InChI=1S/C12H17ClN2O3S/c1-8(2)19(17,18)6-5-15-11(16)7-10(13)14-12(15)9-3-4-9/h7-9H,3-6H2,1-2H3. The molecule has 0 unspecified atom stereocenters. The first-order valence-electron chi connectivity index (χ1n) is 6.30. The number of halogens is 1. The Morgan fingerprint density at radius 3 is 2.63 bits per heavy atom. The summed E-state index contributed by atoms with van der Waals surface area (Å²) in [6.07, 6.45) is 1.95. The van der Waals surface area contributed by atoms with Gasteiger partial charge in [0.25, 0.3) is 5.56 Å². The van der Waals surface area contributed by atoms with Gasteiger partial charge in [0.15, 0.2) is 9.84 Å². The van der Waals surface area contributed by atoms with E-state index in [0.717, 1.165) is 12.8 Å². The third-order valence-electron chi connectivity index (χ3n) is 3.27. The van der Waals surface area contributed by atoms with Crippen molar-refractivity contribution in [2.24, 2.45) is 0 Å². The molecule has 0 radical (unpaired) electrons. The SMILES string of the molecule is CC(C)S(=O)(=O)CCn1c(C2CC2)nc(Cl)cc1=O. The lowest BCUT2D eigenvalue weighted by molar-refractivity contribution is 0.573. The molecule has 2 rings (SSSR count). The summed E-state index contributed by atoms with van der Waals surface area (Å²) in [6, 6.07) is 1.23. The molecule has 1 saturated carbocycles. The normalized spacial score (nSPS) is 16.0. The molecule has 1 aromatic rings. The predicted octanol–water partition coefficient (Wildman–Crippen LogP) is 1.60. The zero-order valence-electron chi connectivity index (χ0n) is 11.0. The first-order valence-corrected chi connectivity index (χ1v) is 8.39. The molecule has 0 aromatic carbocycles. The molecule has 1 heterocycles. The Labute approximate surface area is 117 Å². The zero-order valence-corrected chi connectivity index (χ0v) is 12.5. The van der Waals surface area contributed by atoms with Crippen LogP contribution < -0.4 is 5.56 Å². The maximum Gasteiger partial charge on any atom is 0.255 e. The Bertz CT molecular complexity index is 633. The van der Waals surface area contributed by atoms with E-state index in [-0.39, 0.29) is 28.9 Å². The van der Waals surface area contributed by atoms with Crippen LogP contribution in [0.4, 0.5) is 0 Å². The molecule has 0 spiro atoms. The van der Waals surface area contributed by atoms with E-state index in [0.29, 0.717) is 5.82 Å². The highest BCUT2D eigenvalue weighted by Crippen LogP contribution is 2.38. The fourth-order valence-electron chi connectivity index (χ4n) is 1.83. The van der Waals surface area contributed by atoms with Crippen LogP contribution in [-0.4, -0.2) is 29.0 Å². The van der Waals surface area contributed by atoms with E-state index in [1.807, 2.05) is 0 Å². The minimum absolute atomic E-state index is 0.0480. The van der Waals surface area contributed by atoms with Crippen molar-refractivity contribution in [3.05, 3.63) is 27.4 Å². The Balaban J connectivity index is 2.28. The summed E-state index contributed by atoms with van der Waals surface area (Å²) in [4.78, 5) is 16.1. The van der Waals surface area contributed by atoms with E-state index in [1.54, 1.807) is 13.8 Å². The number of rotatable bonds is 5. The van der Waals surface area contributed by atoms with Crippen molar-refractivity contribution < 1.29 is 8.42 Å². The summed E-state index contributed by atoms with van der Waals surface area (Å²) in [5, 5.41) is -0.261. The zero-order chi connectivity index (χ0) is 14.2. The van der Waals surface area contributed by atoms with Crippen molar-refractivity contribution in [1.82, 2.24) is 9.55 Å². The lowest BCUT2D eigenvalue weighted by Crippen LogP contribution is -2.29. The van der Waals surface area contributed by atoms with Gasteiger partial charge in [0.2, 0.25) is 0 Å². The number of aromatic nitrogens is 2. The van der Waals surface area contributed by atoms with Gasteiger partial charge < -0.3 is 0 Å². The van der Waals surface area contributed by atoms with E-state index in [1.165, 1.54) is 10.6 Å². The topological polar surface area (TPSA) is 69.0 Å². The van der Waals surface area contributed by atoms with Gasteiger partial charge in [-0.2, -0.15) is 0 Å². The van der Waals surface area contributed by atoms with E-state index < -0.39 is 15.1 Å². The largest absolute Gasteiger partial charge is 0.295 e. The molecule has 0 bridgehead atoms. The van der Waals surface area contributed by atoms with Gasteiger partial charge in [0, 0.05) is 18.5 Å². The van der Waals surface area contributed by atoms with E-state index in [2.05, 4.69) is 4.98 Å². The van der Waals surface area contributed by atoms with Gasteiger partial charge in [-0.25, -0.2) is 13.4 Å². The molecule has 7 heteroatoms. The molecule has 0 amide bonds. The highest BCUT2D eigenvalue weighted by molar-refractivity contribution is 7.91. The molecule has 0 N–H and O–H groups in total. The van der Waals surface area contributed by atoms with Crippen molar-refractivity contribution >= 4 is 21.4 Å². The predicted molar refractivity (Wildman–Crippen MR) is 74.4 cm³/mol. The van der Waals surface area contributed by atoms with Gasteiger partial charge in [-0.3, -0.25) is 9.36 Å². The monoisotopic (exact) mass is 304 g/mol. The number of hydrogen-bond acceptors (Lipinski definition) is 4. The summed E-state index contributed by atoms with van der Waals surface area (Å²) in [5.74, 6) is 0.817. The fraction of sp³-hybridized carbons (Fsp3) is 0.667. The molecule has 1 aliphatic rings. The van der Waals surface area contributed by atoms with Crippen LogP contribution >= 0.6 is 11.6 Å². The van der Waals surface area contributed by atoms with Crippen molar-refractivity contribution in [1.29, 1.82) is 0 Å². The first-order chi connectivity index (χ1) is 8.81. The minimum atomic E-state index is -3.17. The van der Waals surface area contributed by atoms with E-state index >= 15 is 0 Å². The van der Waals surface area contributed by atoms with Crippen molar-refractivity contribution in [3.63, 3.8) is 0 Å². The molecule has 1 aliphatic carbocycles. The summed E-state index contributed by atoms with van der Waals surface area (Å²) >= 11 is 5.79. The Kier molecular flexibility index (Phi) is 4.01. The van der Waals surface area contributed by atoms with E-state index in [9.17, 15) is 13.2 Å². The highest BCUT2D eigenvalue weighted by Gasteiger charge is 2.29. The van der Waals surface area contributed by atoms with Crippen LogP contribution in [-0.2, 0) is 16.4 Å². The summed E-state index contributed by atoms with van der Waals surface area (Å²) in [5.41, 5.74) is -0.277. The summed E-state index contributed by atoms with van der Waals surface area (Å²) in [7, 11) is -3.17. The molecular formula is C12H17ClN2O3S. The van der Waals surface area contributed by atoms with Gasteiger partial charge >= 0.3 is 0 Å². The lowest BCUT2D eigenvalue weighted by Gasteiger charge is -2.13. The van der Waals surface area contributed by atoms with Crippen LogP contribution in [0, 0.1) is 0 Å². The van der Waals surface area contributed by atoms with Crippen LogP contribution in [0.5, 0.6) is 0 Å². The van der Waals surface area contributed by atoms with Gasteiger partial charge in [0.1, 0.15) is 11.0 Å². The molecule has 5 nitrogen and oxygen atoms in total. The number of sulfone groups is 1. The third kappa shape index (κ3) is 3.36. The van der Waals surface area contributed by atoms with E-state index in [4.69, 9.17) is 11.6 Å². The van der Waals surface area contributed by atoms with Gasteiger partial charge in [-0.05, 0) is 26.7 Å². The summed E-state index contributed by atoms with van der Waals surface area (Å²) < 4.78 is 25.1. The maximum atomic E-state index is 11.9. The average Bonchev–Trinajstić information content (AvgIpc) is 3.10. The molecular weight excluding hydrogens is 288 g/mol. The smallest absolute Gasteiger partial charge is 0.255 e. The Hall–Kier alpha value is -0.880. The first kappa shape index (κ1) is 14.5. The Morgan fingerprint density at radius 2 is 2.11 bits per heavy atom. The van der Waals surface area contributed by atoms with Crippen LogP contribution in [0.2, 0.25) is 5.15 Å². The second kappa shape index (κ2) is 5.25. The van der Waals surface area contributed by atoms with Crippen LogP contribution in [0.3, 0.4) is 0 Å². The molecule has 1 fully saturated rings. The van der Waals surface area contributed by atoms with Crippen LogP contribution in [0.15, 0.2) is 10.9 Å². The molecule has 1 aromatic heterocycles. The van der Waals surface area contributed by atoms with Crippen molar-refractivity contribution in [2.75, 3.05) is 5.75 Å². The van der Waals surface area contributed by atoms with Gasteiger partial charge in [-0.15, -0.1) is 0 Å². The van der Waals surface area contributed by atoms with Crippen LogP contribution in [0.1, 0.15) is 38.4 Å². The minimum Gasteiger partial charge on any atom is -0.295 e. The molecule has 0 saturated heterocycles. The molecule has 19 heavy (non-hydrogen) atoms. The molecule has 106 valence electrons. The molecule has 0 aliphatic heterocycles. The highest BCUT2D eigenvalue weighted by atomic mass is 35.5. The second-order valence-electron chi connectivity index (χ2n) is 5.12. The average molecular weight is 305 g/mol. The second-order valence-corrected chi connectivity index (χ2v) is 8.18. The third-order valence-corrected chi connectivity index (χ3v) is 5.65. The maximum absolute atomic E-state index is 11.9. The lowest BCUT2D eigenvalue weighted by atomic mass is 10.3. The van der Waals surface area contributed by atoms with Gasteiger partial charge in [-0.1, -0.05) is 11.6 Å². The van der Waals surface area contributed by atoms with Crippen LogP contribution in [0.25, 0.3) is 0 Å². The quantitative estimate of drug-likeness (QED) is 0.775. The number of hydrogen-bond donors (Lipinski definition) is 0. The van der Waals surface area contributed by atoms with Crippen molar-refractivity contribution in [2.45, 2.75) is 44.4 Å². The summed E-state index contributed by atoms with van der Waals surface area (Å²) in [6.45, 7) is 3.43. The number of nitrogens with zero attached hydrogens (tertiary/aromatic N) is 2.